The Hall–Kier alpha value is -0.700. The molecule has 0 aromatic heterocycles. The molecule has 2 aliphatic carbocycles. The van der Waals surface area contributed by atoms with E-state index < -0.39 is 27.7 Å². The SMILES string of the molecule is O=C(O)C1CN(S(=O)(=O)CCOCC2CC2)CC2(CCC2)O1. The molecule has 1 unspecified atom stereocenters. The van der Waals surface area contributed by atoms with Crippen molar-refractivity contribution in [3.05, 3.63) is 0 Å². The van der Waals surface area contributed by atoms with E-state index >= 15 is 0 Å². The standard InChI is InChI=1S/C14H23NO6S/c16-13(17)12-8-15(10-14(21-12)4-1-5-14)22(18,19)7-6-20-9-11-2-3-11/h11-12H,1-10H2,(H,16,17). The highest BCUT2D eigenvalue weighted by Crippen LogP contribution is 2.40. The Morgan fingerprint density at radius 2 is 2.09 bits per heavy atom. The van der Waals surface area contributed by atoms with E-state index in [1.54, 1.807) is 0 Å². The molecule has 0 bridgehead atoms. The van der Waals surface area contributed by atoms with Crippen molar-refractivity contribution in [1.29, 1.82) is 0 Å². The van der Waals surface area contributed by atoms with E-state index in [1.165, 1.54) is 17.1 Å². The molecular formula is C14H23NO6S. The monoisotopic (exact) mass is 333 g/mol. The van der Waals surface area contributed by atoms with Gasteiger partial charge >= 0.3 is 5.97 Å². The van der Waals surface area contributed by atoms with E-state index in [1.807, 2.05) is 0 Å². The lowest BCUT2D eigenvalue weighted by Gasteiger charge is -2.49. The summed E-state index contributed by atoms with van der Waals surface area (Å²) in [6.07, 6.45) is 3.65. The van der Waals surface area contributed by atoms with Gasteiger partial charge in [-0.2, -0.15) is 4.31 Å². The summed E-state index contributed by atoms with van der Waals surface area (Å²) in [5.74, 6) is -0.598. The average molecular weight is 333 g/mol. The number of rotatable bonds is 7. The molecule has 1 heterocycles. The minimum atomic E-state index is -3.51. The Morgan fingerprint density at radius 3 is 2.64 bits per heavy atom. The summed E-state index contributed by atoms with van der Waals surface area (Å²) in [4.78, 5) is 11.2. The summed E-state index contributed by atoms with van der Waals surface area (Å²) in [5, 5.41) is 9.18. The molecule has 1 spiro atoms. The van der Waals surface area contributed by atoms with Gasteiger partial charge in [0.1, 0.15) is 0 Å². The Kier molecular flexibility index (Phi) is 4.46. The number of hydrogen-bond donors (Lipinski definition) is 1. The first-order valence-corrected chi connectivity index (χ1v) is 9.47. The topological polar surface area (TPSA) is 93.1 Å². The lowest BCUT2D eigenvalue weighted by molar-refractivity contribution is -0.195. The quantitative estimate of drug-likeness (QED) is 0.680. The Bertz CT molecular complexity index is 525. The molecule has 22 heavy (non-hydrogen) atoms. The summed E-state index contributed by atoms with van der Waals surface area (Å²) in [7, 11) is -3.51. The maximum atomic E-state index is 12.4. The van der Waals surface area contributed by atoms with Crippen LogP contribution in [-0.4, -0.2) is 67.6 Å². The normalized spacial score (nSPS) is 28.5. The van der Waals surface area contributed by atoms with E-state index in [9.17, 15) is 18.3 Å². The molecule has 1 N–H and O–H groups in total. The molecule has 7 nitrogen and oxygen atoms in total. The molecule has 1 aliphatic heterocycles. The number of hydrogen-bond acceptors (Lipinski definition) is 5. The highest BCUT2D eigenvalue weighted by Gasteiger charge is 2.49. The van der Waals surface area contributed by atoms with Crippen molar-refractivity contribution in [1.82, 2.24) is 4.31 Å². The molecule has 0 aromatic rings. The van der Waals surface area contributed by atoms with Gasteiger partial charge in [0, 0.05) is 13.2 Å². The van der Waals surface area contributed by atoms with Crippen molar-refractivity contribution in [2.45, 2.75) is 43.8 Å². The zero-order valence-corrected chi connectivity index (χ0v) is 13.4. The largest absolute Gasteiger partial charge is 0.479 e. The van der Waals surface area contributed by atoms with Crippen molar-refractivity contribution in [3.8, 4) is 0 Å². The molecule has 3 fully saturated rings. The Labute approximate surface area is 130 Å². The summed E-state index contributed by atoms with van der Waals surface area (Å²) in [5.41, 5.74) is -0.594. The van der Waals surface area contributed by atoms with Crippen LogP contribution in [0.4, 0.5) is 0 Å². The van der Waals surface area contributed by atoms with Gasteiger partial charge in [0.15, 0.2) is 6.10 Å². The van der Waals surface area contributed by atoms with Crippen LogP contribution in [0.15, 0.2) is 0 Å². The third kappa shape index (κ3) is 3.61. The second-order valence-electron chi connectivity index (χ2n) is 6.61. The van der Waals surface area contributed by atoms with Crippen molar-refractivity contribution in [3.63, 3.8) is 0 Å². The molecule has 1 saturated heterocycles. The predicted molar refractivity (Wildman–Crippen MR) is 78.0 cm³/mol. The van der Waals surface area contributed by atoms with Crippen LogP contribution < -0.4 is 0 Å². The van der Waals surface area contributed by atoms with Crippen molar-refractivity contribution >= 4 is 16.0 Å². The summed E-state index contributed by atoms with van der Waals surface area (Å²) >= 11 is 0. The molecule has 2 saturated carbocycles. The van der Waals surface area contributed by atoms with Gasteiger partial charge in [-0.15, -0.1) is 0 Å². The summed E-state index contributed by atoms with van der Waals surface area (Å²) in [6.45, 7) is 0.949. The lowest BCUT2D eigenvalue weighted by atomic mass is 9.79. The highest BCUT2D eigenvalue weighted by atomic mass is 32.2. The second-order valence-corrected chi connectivity index (χ2v) is 8.70. The molecule has 0 amide bonds. The Morgan fingerprint density at radius 1 is 1.36 bits per heavy atom. The van der Waals surface area contributed by atoms with E-state index in [0.717, 1.165) is 19.3 Å². The third-order valence-electron chi connectivity index (χ3n) is 4.70. The molecular weight excluding hydrogens is 310 g/mol. The predicted octanol–water partition coefficient (Wildman–Crippen LogP) is 0.451. The first kappa shape index (κ1) is 16.2. The fraction of sp³-hybridized carbons (Fsp3) is 0.929. The van der Waals surface area contributed by atoms with Crippen LogP contribution in [0.5, 0.6) is 0 Å². The maximum Gasteiger partial charge on any atom is 0.334 e. The number of sulfonamides is 1. The van der Waals surface area contributed by atoms with Crippen LogP contribution in [0.1, 0.15) is 32.1 Å². The molecule has 0 radical (unpaired) electrons. The van der Waals surface area contributed by atoms with Gasteiger partial charge in [0.25, 0.3) is 0 Å². The fourth-order valence-electron chi connectivity index (χ4n) is 2.96. The summed E-state index contributed by atoms with van der Waals surface area (Å²) in [6, 6.07) is 0. The number of carboxylic acid groups (broad SMARTS) is 1. The third-order valence-corrected chi connectivity index (χ3v) is 6.44. The molecule has 3 aliphatic rings. The van der Waals surface area contributed by atoms with Gasteiger partial charge in [-0.05, 0) is 38.0 Å². The second kappa shape index (κ2) is 6.07. The minimum absolute atomic E-state index is 0.0951. The van der Waals surface area contributed by atoms with Crippen molar-refractivity contribution in [2.24, 2.45) is 5.92 Å². The average Bonchev–Trinajstić information content (AvgIpc) is 3.25. The van der Waals surface area contributed by atoms with Crippen molar-refractivity contribution < 1.29 is 27.8 Å². The molecule has 8 heteroatoms. The molecule has 3 rings (SSSR count). The van der Waals surface area contributed by atoms with Crippen LogP contribution in [0.3, 0.4) is 0 Å². The molecule has 0 aromatic carbocycles. The zero-order valence-electron chi connectivity index (χ0n) is 12.6. The van der Waals surface area contributed by atoms with E-state index in [-0.39, 0.29) is 25.4 Å². The van der Waals surface area contributed by atoms with Gasteiger partial charge in [-0.1, -0.05) is 0 Å². The number of morpholine rings is 1. The number of carbonyl (C=O) groups is 1. The number of aliphatic carboxylic acids is 1. The van der Waals surface area contributed by atoms with Crippen LogP contribution in [0, 0.1) is 5.92 Å². The lowest BCUT2D eigenvalue weighted by Crippen LogP contribution is -2.62. The number of ether oxygens (including phenoxy) is 2. The first-order valence-electron chi connectivity index (χ1n) is 7.86. The van der Waals surface area contributed by atoms with Crippen LogP contribution >= 0.6 is 0 Å². The minimum Gasteiger partial charge on any atom is -0.479 e. The van der Waals surface area contributed by atoms with Gasteiger partial charge in [0.2, 0.25) is 10.0 Å². The van der Waals surface area contributed by atoms with Gasteiger partial charge in [-0.25, -0.2) is 13.2 Å². The zero-order chi connectivity index (χ0) is 15.8. The van der Waals surface area contributed by atoms with Gasteiger partial charge in [0.05, 0.1) is 24.5 Å². The van der Waals surface area contributed by atoms with Crippen LogP contribution in [0.25, 0.3) is 0 Å². The van der Waals surface area contributed by atoms with E-state index in [4.69, 9.17) is 9.47 Å². The first-order chi connectivity index (χ1) is 10.4. The Balaban J connectivity index is 1.58. The van der Waals surface area contributed by atoms with Crippen LogP contribution in [-0.2, 0) is 24.3 Å². The molecule has 126 valence electrons. The van der Waals surface area contributed by atoms with E-state index in [0.29, 0.717) is 12.5 Å². The number of carboxylic acids is 1. The van der Waals surface area contributed by atoms with Gasteiger partial charge in [-0.3, -0.25) is 0 Å². The summed E-state index contributed by atoms with van der Waals surface area (Å²) < 4.78 is 37.2. The molecule has 1 atom stereocenters. The van der Waals surface area contributed by atoms with Crippen LogP contribution in [0.2, 0.25) is 0 Å². The number of nitrogens with zero attached hydrogens (tertiary/aromatic N) is 1. The maximum absolute atomic E-state index is 12.4. The van der Waals surface area contributed by atoms with E-state index in [2.05, 4.69) is 0 Å². The van der Waals surface area contributed by atoms with Crippen molar-refractivity contribution in [2.75, 3.05) is 32.1 Å². The highest BCUT2D eigenvalue weighted by molar-refractivity contribution is 7.89. The smallest absolute Gasteiger partial charge is 0.334 e. The fourth-order valence-corrected chi connectivity index (χ4v) is 4.34. The van der Waals surface area contributed by atoms with Gasteiger partial charge < -0.3 is 14.6 Å².